The molecular weight excluding hydrogens is 363 g/mol. The first-order chi connectivity index (χ1) is 8.09. The number of hydrogen-bond acceptors (Lipinski definition) is 2. The highest BCUT2D eigenvalue weighted by molar-refractivity contribution is 14.1. The summed E-state index contributed by atoms with van der Waals surface area (Å²) in [4.78, 5) is 14.2. The molecule has 0 saturated carbocycles. The van der Waals surface area contributed by atoms with Gasteiger partial charge >= 0.3 is 0 Å². The van der Waals surface area contributed by atoms with E-state index in [2.05, 4.69) is 22.6 Å². The monoisotopic (exact) mass is 380 g/mol. The van der Waals surface area contributed by atoms with Crippen molar-refractivity contribution in [2.75, 3.05) is 13.1 Å². The first-order valence-corrected chi connectivity index (χ1v) is 6.97. The van der Waals surface area contributed by atoms with E-state index in [0.717, 1.165) is 28.6 Å². The average Bonchev–Trinajstić information content (AvgIpc) is 2.78. The van der Waals surface area contributed by atoms with Crippen molar-refractivity contribution in [1.82, 2.24) is 4.90 Å². The van der Waals surface area contributed by atoms with Crippen LogP contribution in [0.2, 0.25) is 0 Å². The Kier molecular flexibility index (Phi) is 5.88. The summed E-state index contributed by atoms with van der Waals surface area (Å²) in [6.07, 6.45) is 1.02. The standard InChI is InChI=1S/C13H17IN2O.ClH/c1-9(15)10-6-7-16(8-10)13(17)11-4-2-3-5-12(11)14;/h2-5,9-10H,6-8,15H2,1H3;1H. The van der Waals surface area contributed by atoms with Crippen LogP contribution in [0.1, 0.15) is 23.7 Å². The quantitative estimate of drug-likeness (QED) is 0.802. The third kappa shape index (κ3) is 3.36. The number of nitrogens with zero attached hydrogens (tertiary/aromatic N) is 1. The van der Waals surface area contributed by atoms with Crippen molar-refractivity contribution >= 4 is 40.9 Å². The van der Waals surface area contributed by atoms with E-state index >= 15 is 0 Å². The van der Waals surface area contributed by atoms with Gasteiger partial charge in [-0.3, -0.25) is 4.79 Å². The van der Waals surface area contributed by atoms with Crippen LogP contribution in [0.3, 0.4) is 0 Å². The van der Waals surface area contributed by atoms with Gasteiger partial charge in [0.2, 0.25) is 0 Å². The van der Waals surface area contributed by atoms with Gasteiger partial charge in [0.15, 0.2) is 0 Å². The molecule has 1 aliphatic rings. The molecule has 2 N–H and O–H groups in total. The van der Waals surface area contributed by atoms with E-state index in [0.29, 0.717) is 5.92 Å². The van der Waals surface area contributed by atoms with Crippen molar-refractivity contribution in [3.05, 3.63) is 33.4 Å². The van der Waals surface area contributed by atoms with Crippen LogP contribution in [0.4, 0.5) is 0 Å². The Morgan fingerprint density at radius 1 is 1.50 bits per heavy atom. The van der Waals surface area contributed by atoms with E-state index in [1.807, 2.05) is 36.1 Å². The molecule has 18 heavy (non-hydrogen) atoms. The minimum atomic E-state index is 0. The lowest BCUT2D eigenvalue weighted by atomic mass is 10.0. The zero-order valence-electron chi connectivity index (χ0n) is 10.3. The zero-order valence-corrected chi connectivity index (χ0v) is 13.3. The van der Waals surface area contributed by atoms with E-state index in [4.69, 9.17) is 5.73 Å². The number of nitrogens with two attached hydrogens (primary N) is 1. The molecule has 0 aliphatic carbocycles. The van der Waals surface area contributed by atoms with Crippen LogP contribution in [0.5, 0.6) is 0 Å². The SMILES string of the molecule is CC(N)C1CCN(C(=O)c2ccccc2I)C1.Cl. The second-order valence-electron chi connectivity index (χ2n) is 4.64. The number of likely N-dealkylation sites (tertiary alicyclic amines) is 1. The molecule has 0 radical (unpaired) electrons. The summed E-state index contributed by atoms with van der Waals surface area (Å²) < 4.78 is 1.01. The van der Waals surface area contributed by atoms with Gasteiger partial charge in [0, 0.05) is 22.7 Å². The molecule has 5 heteroatoms. The smallest absolute Gasteiger partial charge is 0.254 e. The number of amides is 1. The summed E-state index contributed by atoms with van der Waals surface area (Å²) >= 11 is 2.21. The van der Waals surface area contributed by atoms with E-state index in [-0.39, 0.29) is 24.4 Å². The zero-order chi connectivity index (χ0) is 12.4. The lowest BCUT2D eigenvalue weighted by molar-refractivity contribution is 0.0785. The van der Waals surface area contributed by atoms with E-state index in [9.17, 15) is 4.79 Å². The molecule has 3 nitrogen and oxygen atoms in total. The van der Waals surface area contributed by atoms with Gasteiger partial charge in [-0.1, -0.05) is 12.1 Å². The first-order valence-electron chi connectivity index (χ1n) is 5.89. The number of hydrogen-bond donors (Lipinski definition) is 1. The van der Waals surface area contributed by atoms with Crippen LogP contribution < -0.4 is 5.73 Å². The fraction of sp³-hybridized carbons (Fsp3) is 0.462. The summed E-state index contributed by atoms with van der Waals surface area (Å²) in [5.41, 5.74) is 6.69. The van der Waals surface area contributed by atoms with Crippen LogP contribution in [0.15, 0.2) is 24.3 Å². The Balaban J connectivity index is 0.00000162. The van der Waals surface area contributed by atoms with Crippen molar-refractivity contribution in [2.24, 2.45) is 11.7 Å². The van der Waals surface area contributed by atoms with E-state index < -0.39 is 0 Å². The van der Waals surface area contributed by atoms with Gasteiger partial charge in [-0.15, -0.1) is 12.4 Å². The lowest BCUT2D eigenvalue weighted by Gasteiger charge is -2.18. The van der Waals surface area contributed by atoms with Crippen molar-refractivity contribution in [1.29, 1.82) is 0 Å². The second kappa shape index (κ2) is 6.73. The molecule has 0 bridgehead atoms. The molecule has 0 aromatic heterocycles. The molecule has 2 unspecified atom stereocenters. The van der Waals surface area contributed by atoms with Gasteiger partial charge in [-0.25, -0.2) is 0 Å². The molecule has 1 amide bonds. The lowest BCUT2D eigenvalue weighted by Crippen LogP contribution is -2.33. The largest absolute Gasteiger partial charge is 0.338 e. The van der Waals surface area contributed by atoms with Gasteiger partial charge in [0.1, 0.15) is 0 Å². The summed E-state index contributed by atoms with van der Waals surface area (Å²) in [5.74, 6) is 0.582. The number of benzene rings is 1. The molecular formula is C13H18ClIN2O. The third-order valence-electron chi connectivity index (χ3n) is 3.36. The number of halogens is 2. The topological polar surface area (TPSA) is 46.3 Å². The maximum absolute atomic E-state index is 12.3. The highest BCUT2D eigenvalue weighted by Crippen LogP contribution is 2.22. The Morgan fingerprint density at radius 3 is 2.72 bits per heavy atom. The predicted octanol–water partition coefficient (Wildman–Crippen LogP) is 2.52. The molecule has 0 spiro atoms. The second-order valence-corrected chi connectivity index (χ2v) is 5.80. The van der Waals surface area contributed by atoms with Crippen molar-refractivity contribution in [3.63, 3.8) is 0 Å². The molecule has 2 atom stereocenters. The van der Waals surface area contributed by atoms with Crippen LogP contribution in [-0.2, 0) is 0 Å². The Labute approximate surface area is 128 Å². The van der Waals surface area contributed by atoms with Crippen molar-refractivity contribution in [3.8, 4) is 0 Å². The van der Waals surface area contributed by atoms with Crippen LogP contribution in [0, 0.1) is 9.49 Å². The Hall–Kier alpha value is -0.330. The normalized spacial score (nSPS) is 20.4. The Bertz CT molecular complexity index is 425. The molecule has 1 aliphatic heterocycles. The van der Waals surface area contributed by atoms with Gasteiger partial charge in [0.05, 0.1) is 5.56 Å². The minimum Gasteiger partial charge on any atom is -0.338 e. The summed E-state index contributed by atoms with van der Waals surface area (Å²) in [6.45, 7) is 3.64. The molecule has 1 saturated heterocycles. The third-order valence-corrected chi connectivity index (χ3v) is 4.30. The number of carbonyl (C=O) groups is 1. The minimum absolute atomic E-state index is 0. The van der Waals surface area contributed by atoms with E-state index in [1.54, 1.807) is 0 Å². The van der Waals surface area contributed by atoms with Crippen LogP contribution >= 0.6 is 35.0 Å². The van der Waals surface area contributed by atoms with Gasteiger partial charge < -0.3 is 10.6 Å². The van der Waals surface area contributed by atoms with Crippen LogP contribution in [0.25, 0.3) is 0 Å². The maximum atomic E-state index is 12.3. The average molecular weight is 381 g/mol. The Morgan fingerprint density at radius 2 is 2.17 bits per heavy atom. The highest BCUT2D eigenvalue weighted by atomic mass is 127. The predicted molar refractivity (Wildman–Crippen MR) is 84.1 cm³/mol. The van der Waals surface area contributed by atoms with E-state index in [1.165, 1.54) is 0 Å². The van der Waals surface area contributed by atoms with Gasteiger partial charge in [-0.05, 0) is 54.0 Å². The maximum Gasteiger partial charge on any atom is 0.254 e. The fourth-order valence-electron chi connectivity index (χ4n) is 2.21. The molecule has 1 aromatic rings. The first kappa shape index (κ1) is 15.7. The fourth-order valence-corrected chi connectivity index (χ4v) is 2.82. The summed E-state index contributed by atoms with van der Waals surface area (Å²) in [5, 5.41) is 0. The summed E-state index contributed by atoms with van der Waals surface area (Å²) in [6, 6.07) is 7.89. The molecule has 100 valence electrons. The molecule has 1 fully saturated rings. The van der Waals surface area contributed by atoms with Gasteiger partial charge in [0.25, 0.3) is 5.91 Å². The molecule has 1 aromatic carbocycles. The van der Waals surface area contributed by atoms with Crippen LogP contribution in [-0.4, -0.2) is 29.9 Å². The number of carbonyl (C=O) groups excluding carboxylic acids is 1. The molecule has 2 rings (SSSR count). The van der Waals surface area contributed by atoms with Gasteiger partial charge in [-0.2, -0.15) is 0 Å². The number of rotatable bonds is 2. The summed E-state index contributed by atoms with van der Waals surface area (Å²) in [7, 11) is 0. The van der Waals surface area contributed by atoms with Crippen molar-refractivity contribution in [2.45, 2.75) is 19.4 Å². The van der Waals surface area contributed by atoms with Crippen molar-refractivity contribution < 1.29 is 4.79 Å². The highest BCUT2D eigenvalue weighted by Gasteiger charge is 2.29. The molecule has 1 heterocycles.